The van der Waals surface area contributed by atoms with Gasteiger partial charge in [-0.2, -0.15) is 0 Å². The molecule has 0 aromatic carbocycles. The number of nitrogens with one attached hydrogen (secondary N) is 2. The van der Waals surface area contributed by atoms with Gasteiger partial charge in [-0.15, -0.1) is 0 Å². The smallest absolute Gasteiger partial charge is 0.152 e. The molecule has 4 nitrogen and oxygen atoms in total. The highest BCUT2D eigenvalue weighted by Gasteiger charge is 2.07. The van der Waals surface area contributed by atoms with Crippen molar-refractivity contribution in [3.63, 3.8) is 0 Å². The topological polar surface area (TPSA) is 53.6 Å². The standard InChI is InChI=1S/C13H16Cl2N4/c1-2-3-4-12-18-10(13(15)19-12)8-17-9-5-6-16-11(14)7-9/h5-7H,2-4,8H2,1H3,(H,16,17)(H,18,19). The van der Waals surface area contributed by atoms with E-state index < -0.39 is 0 Å². The summed E-state index contributed by atoms with van der Waals surface area (Å²) < 4.78 is 0. The first-order valence-corrected chi connectivity index (χ1v) is 7.03. The quantitative estimate of drug-likeness (QED) is 0.791. The van der Waals surface area contributed by atoms with E-state index in [0.717, 1.165) is 36.5 Å². The lowest BCUT2D eigenvalue weighted by atomic mass is 10.2. The van der Waals surface area contributed by atoms with E-state index in [-0.39, 0.29) is 0 Å². The second-order valence-electron chi connectivity index (χ2n) is 4.28. The minimum atomic E-state index is 0.462. The molecule has 0 aliphatic heterocycles. The number of nitrogens with zero attached hydrogens (tertiary/aromatic N) is 2. The second kappa shape index (κ2) is 6.78. The van der Waals surface area contributed by atoms with Gasteiger partial charge in [0.05, 0.1) is 12.2 Å². The van der Waals surface area contributed by atoms with E-state index in [4.69, 9.17) is 23.2 Å². The van der Waals surface area contributed by atoms with Crippen molar-refractivity contribution in [3.8, 4) is 0 Å². The number of H-pyrrole nitrogens is 1. The maximum atomic E-state index is 6.10. The fraction of sp³-hybridized carbons (Fsp3) is 0.385. The molecular weight excluding hydrogens is 283 g/mol. The maximum absolute atomic E-state index is 6.10. The van der Waals surface area contributed by atoms with Crippen molar-refractivity contribution in [2.45, 2.75) is 32.7 Å². The average Bonchev–Trinajstić information content (AvgIpc) is 2.75. The zero-order valence-electron chi connectivity index (χ0n) is 10.7. The average molecular weight is 299 g/mol. The molecule has 2 N–H and O–H groups in total. The first-order valence-electron chi connectivity index (χ1n) is 6.27. The normalized spacial score (nSPS) is 10.7. The van der Waals surface area contributed by atoms with Crippen LogP contribution in [-0.2, 0) is 13.0 Å². The molecule has 0 saturated carbocycles. The lowest BCUT2D eigenvalue weighted by Gasteiger charge is -2.04. The van der Waals surface area contributed by atoms with E-state index in [1.807, 2.05) is 6.07 Å². The van der Waals surface area contributed by atoms with Gasteiger partial charge in [0.25, 0.3) is 0 Å². The third-order valence-electron chi connectivity index (χ3n) is 2.74. The zero-order chi connectivity index (χ0) is 13.7. The molecule has 0 aliphatic rings. The Morgan fingerprint density at radius 1 is 1.37 bits per heavy atom. The number of pyridine rings is 1. The summed E-state index contributed by atoms with van der Waals surface area (Å²) >= 11 is 11.9. The van der Waals surface area contributed by atoms with Gasteiger partial charge < -0.3 is 10.3 Å². The number of imidazole rings is 1. The van der Waals surface area contributed by atoms with Crippen LogP contribution in [-0.4, -0.2) is 15.0 Å². The number of aromatic amines is 1. The number of hydrogen-bond donors (Lipinski definition) is 2. The van der Waals surface area contributed by atoms with Crippen LogP contribution < -0.4 is 5.32 Å². The van der Waals surface area contributed by atoms with Crippen LogP contribution in [0.2, 0.25) is 10.3 Å². The van der Waals surface area contributed by atoms with Gasteiger partial charge in [0, 0.05) is 18.3 Å². The lowest BCUT2D eigenvalue weighted by molar-refractivity contribution is 0.760. The molecular formula is C13H16Cl2N4. The largest absolute Gasteiger partial charge is 0.379 e. The van der Waals surface area contributed by atoms with Gasteiger partial charge >= 0.3 is 0 Å². The molecule has 0 amide bonds. The van der Waals surface area contributed by atoms with Crippen molar-refractivity contribution in [2.24, 2.45) is 0 Å². The second-order valence-corrected chi connectivity index (χ2v) is 5.02. The molecule has 0 aliphatic carbocycles. The van der Waals surface area contributed by atoms with E-state index in [1.165, 1.54) is 0 Å². The SMILES string of the molecule is CCCCc1nc(Cl)c(CNc2ccnc(Cl)c2)[nH]1. The number of aromatic nitrogens is 3. The molecule has 102 valence electrons. The first kappa shape index (κ1) is 14.2. The van der Waals surface area contributed by atoms with Crippen molar-refractivity contribution in [2.75, 3.05) is 5.32 Å². The molecule has 6 heteroatoms. The van der Waals surface area contributed by atoms with Crippen LogP contribution in [0.1, 0.15) is 31.3 Å². The summed E-state index contributed by atoms with van der Waals surface area (Å²) in [5, 5.41) is 4.22. The Labute approximate surface area is 122 Å². The summed E-state index contributed by atoms with van der Waals surface area (Å²) in [6.45, 7) is 2.73. The van der Waals surface area contributed by atoms with Gasteiger partial charge in [-0.3, -0.25) is 0 Å². The summed E-state index contributed by atoms with van der Waals surface area (Å²) in [4.78, 5) is 11.5. The van der Waals surface area contributed by atoms with Crippen LogP contribution in [0.5, 0.6) is 0 Å². The number of halogens is 2. The number of aryl methyl sites for hydroxylation is 1. The molecule has 0 radical (unpaired) electrons. The fourth-order valence-corrected chi connectivity index (χ4v) is 2.11. The number of unbranched alkanes of at least 4 members (excludes halogenated alkanes) is 1. The van der Waals surface area contributed by atoms with Gasteiger partial charge in [0.2, 0.25) is 0 Å². The van der Waals surface area contributed by atoms with Crippen LogP contribution >= 0.6 is 23.2 Å². The molecule has 19 heavy (non-hydrogen) atoms. The molecule has 0 unspecified atom stereocenters. The highest BCUT2D eigenvalue weighted by molar-refractivity contribution is 6.30. The molecule has 0 atom stereocenters. The van der Waals surface area contributed by atoms with Crippen molar-refractivity contribution >= 4 is 28.9 Å². The Morgan fingerprint density at radius 3 is 2.95 bits per heavy atom. The summed E-state index contributed by atoms with van der Waals surface area (Å²) in [7, 11) is 0. The Morgan fingerprint density at radius 2 is 2.21 bits per heavy atom. The van der Waals surface area contributed by atoms with Crippen molar-refractivity contribution in [1.29, 1.82) is 0 Å². The first-order chi connectivity index (χ1) is 9.19. The Bertz CT molecular complexity index is 539. The van der Waals surface area contributed by atoms with Crippen LogP contribution in [0.25, 0.3) is 0 Å². The summed E-state index contributed by atoms with van der Waals surface area (Å²) in [5.41, 5.74) is 1.79. The summed E-state index contributed by atoms with van der Waals surface area (Å²) in [5.74, 6) is 0.941. The summed E-state index contributed by atoms with van der Waals surface area (Å²) in [6.07, 6.45) is 4.83. The van der Waals surface area contributed by atoms with Crippen LogP contribution in [0.4, 0.5) is 5.69 Å². The minimum Gasteiger partial charge on any atom is -0.379 e. The van der Waals surface area contributed by atoms with E-state index in [2.05, 4.69) is 27.2 Å². The van der Waals surface area contributed by atoms with Crippen LogP contribution in [0, 0.1) is 0 Å². The highest BCUT2D eigenvalue weighted by atomic mass is 35.5. The molecule has 2 aromatic rings. The highest BCUT2D eigenvalue weighted by Crippen LogP contribution is 2.17. The fourth-order valence-electron chi connectivity index (χ4n) is 1.72. The van der Waals surface area contributed by atoms with E-state index in [0.29, 0.717) is 16.9 Å². The summed E-state index contributed by atoms with van der Waals surface area (Å²) in [6, 6.07) is 3.62. The van der Waals surface area contributed by atoms with Gasteiger partial charge in [-0.1, -0.05) is 36.5 Å². The maximum Gasteiger partial charge on any atom is 0.152 e. The van der Waals surface area contributed by atoms with Crippen molar-refractivity contribution in [1.82, 2.24) is 15.0 Å². The molecule has 0 fully saturated rings. The molecule has 0 spiro atoms. The van der Waals surface area contributed by atoms with Gasteiger partial charge in [0.1, 0.15) is 11.0 Å². The van der Waals surface area contributed by atoms with Gasteiger partial charge in [0.15, 0.2) is 5.15 Å². The predicted molar refractivity (Wildman–Crippen MR) is 78.8 cm³/mol. The predicted octanol–water partition coefficient (Wildman–Crippen LogP) is 4.07. The number of rotatable bonds is 6. The van der Waals surface area contributed by atoms with E-state index in [9.17, 15) is 0 Å². The number of hydrogen-bond acceptors (Lipinski definition) is 3. The number of anilines is 1. The Hall–Kier alpha value is -1.26. The molecule has 0 bridgehead atoms. The van der Waals surface area contributed by atoms with E-state index >= 15 is 0 Å². The van der Waals surface area contributed by atoms with Crippen LogP contribution in [0.15, 0.2) is 18.3 Å². The van der Waals surface area contributed by atoms with Gasteiger partial charge in [-0.25, -0.2) is 9.97 Å². The molecule has 2 aromatic heterocycles. The lowest BCUT2D eigenvalue weighted by Crippen LogP contribution is -2.00. The monoisotopic (exact) mass is 298 g/mol. The van der Waals surface area contributed by atoms with Crippen LogP contribution in [0.3, 0.4) is 0 Å². The molecule has 2 rings (SSSR count). The van der Waals surface area contributed by atoms with Crippen molar-refractivity contribution < 1.29 is 0 Å². The zero-order valence-corrected chi connectivity index (χ0v) is 12.2. The van der Waals surface area contributed by atoms with Crippen molar-refractivity contribution in [3.05, 3.63) is 40.2 Å². The minimum absolute atomic E-state index is 0.462. The Balaban J connectivity index is 1.97. The molecule has 2 heterocycles. The third-order valence-corrected chi connectivity index (χ3v) is 3.26. The molecule has 0 saturated heterocycles. The van der Waals surface area contributed by atoms with E-state index in [1.54, 1.807) is 12.3 Å². The Kier molecular flexibility index (Phi) is 5.05. The van der Waals surface area contributed by atoms with Gasteiger partial charge in [-0.05, 0) is 18.6 Å². The third kappa shape index (κ3) is 4.11.